The molecule has 0 saturated heterocycles. The molecule has 2 rings (SSSR count). The summed E-state index contributed by atoms with van der Waals surface area (Å²) in [5.41, 5.74) is 3.36. The molecule has 2 aromatic rings. The van der Waals surface area contributed by atoms with Crippen molar-refractivity contribution in [2.75, 3.05) is 13.7 Å². The van der Waals surface area contributed by atoms with Crippen molar-refractivity contribution < 1.29 is 14.3 Å². The van der Waals surface area contributed by atoms with Gasteiger partial charge in [-0.25, -0.2) is 5.43 Å². The number of hydrogen-bond acceptors (Lipinski definition) is 4. The molecule has 122 valence electrons. The van der Waals surface area contributed by atoms with Gasteiger partial charge in [-0.3, -0.25) is 4.79 Å². The van der Waals surface area contributed by atoms with Gasteiger partial charge in [-0.1, -0.05) is 0 Å². The Morgan fingerprint density at radius 3 is 2.57 bits per heavy atom. The van der Waals surface area contributed by atoms with Crippen molar-refractivity contribution >= 4 is 12.1 Å². The highest BCUT2D eigenvalue weighted by atomic mass is 16.5. The van der Waals surface area contributed by atoms with Gasteiger partial charge in [-0.05, 0) is 44.2 Å². The zero-order valence-corrected chi connectivity index (χ0v) is 13.5. The van der Waals surface area contributed by atoms with Crippen molar-refractivity contribution in [3.05, 3.63) is 48.3 Å². The Hall–Kier alpha value is -2.76. The second-order valence-electron chi connectivity index (χ2n) is 5.24. The first-order valence-electron chi connectivity index (χ1n) is 7.34. The lowest BCUT2D eigenvalue weighted by molar-refractivity contribution is -0.123. The zero-order chi connectivity index (χ0) is 16.7. The number of carbonyl (C=O) groups excluding carboxylic acids is 1. The number of benzene rings is 1. The van der Waals surface area contributed by atoms with E-state index in [0.717, 1.165) is 11.3 Å². The maximum Gasteiger partial charge on any atom is 0.277 e. The molecule has 0 spiro atoms. The van der Waals surface area contributed by atoms with E-state index < -0.39 is 0 Å². The van der Waals surface area contributed by atoms with Gasteiger partial charge in [-0.2, -0.15) is 5.10 Å². The third kappa shape index (κ3) is 5.18. The molecular weight excluding hydrogens is 294 g/mol. The summed E-state index contributed by atoms with van der Waals surface area (Å²) in [5, 5.41) is 3.92. The van der Waals surface area contributed by atoms with Crippen LogP contribution in [0.3, 0.4) is 0 Å². The monoisotopic (exact) mass is 315 g/mol. The lowest BCUT2D eigenvalue weighted by atomic mass is 10.3. The van der Waals surface area contributed by atoms with Crippen LogP contribution in [0, 0.1) is 0 Å². The van der Waals surface area contributed by atoms with Crippen molar-refractivity contribution in [2.45, 2.75) is 19.9 Å². The van der Waals surface area contributed by atoms with Crippen LogP contribution in [0.15, 0.2) is 47.8 Å². The first-order valence-corrected chi connectivity index (χ1v) is 7.34. The summed E-state index contributed by atoms with van der Waals surface area (Å²) in [6, 6.07) is 9.34. The predicted molar refractivity (Wildman–Crippen MR) is 89.0 cm³/mol. The van der Waals surface area contributed by atoms with Gasteiger partial charge in [-0.15, -0.1) is 0 Å². The Balaban J connectivity index is 1.76. The molecule has 6 heteroatoms. The van der Waals surface area contributed by atoms with Crippen molar-refractivity contribution in [3.8, 4) is 11.5 Å². The smallest absolute Gasteiger partial charge is 0.277 e. The second kappa shape index (κ2) is 8.03. The number of amides is 1. The molecule has 1 heterocycles. The molecule has 0 unspecified atom stereocenters. The fourth-order valence-electron chi connectivity index (χ4n) is 1.86. The summed E-state index contributed by atoms with van der Waals surface area (Å²) in [6.45, 7) is 4.09. The highest BCUT2D eigenvalue weighted by Gasteiger charge is 2.02. The Morgan fingerprint density at radius 1 is 1.26 bits per heavy atom. The van der Waals surface area contributed by atoms with Gasteiger partial charge >= 0.3 is 0 Å². The fourth-order valence-corrected chi connectivity index (χ4v) is 1.86. The van der Waals surface area contributed by atoms with Gasteiger partial charge in [0, 0.05) is 24.0 Å². The minimum Gasteiger partial charge on any atom is -0.497 e. The average Bonchev–Trinajstić information content (AvgIpc) is 3.02. The summed E-state index contributed by atoms with van der Waals surface area (Å²) in [7, 11) is 1.59. The molecule has 0 saturated carbocycles. The summed E-state index contributed by atoms with van der Waals surface area (Å²) in [6.07, 6.45) is 5.54. The predicted octanol–water partition coefficient (Wildman–Crippen LogP) is 2.61. The van der Waals surface area contributed by atoms with E-state index in [2.05, 4.69) is 28.9 Å². The average molecular weight is 315 g/mol. The number of rotatable bonds is 7. The van der Waals surface area contributed by atoms with Crippen molar-refractivity contribution in [3.63, 3.8) is 0 Å². The van der Waals surface area contributed by atoms with Crippen molar-refractivity contribution in [1.29, 1.82) is 0 Å². The Kier molecular flexibility index (Phi) is 5.80. The number of hydrogen-bond donors (Lipinski definition) is 1. The van der Waals surface area contributed by atoms with Crippen LogP contribution in [-0.2, 0) is 4.79 Å². The summed E-state index contributed by atoms with van der Waals surface area (Å²) in [4.78, 5) is 11.7. The standard InChI is InChI=1S/C17H21N3O3/c1-13(2)20-9-8-14(11-20)10-18-19-17(21)12-23-16-6-4-15(22-3)5-7-16/h4-11,13H,12H2,1-3H3,(H,19,21)/b18-10+. The Bertz CT molecular complexity index is 660. The lowest BCUT2D eigenvalue weighted by Crippen LogP contribution is -2.24. The maximum atomic E-state index is 11.7. The highest BCUT2D eigenvalue weighted by Crippen LogP contribution is 2.16. The van der Waals surface area contributed by atoms with Gasteiger partial charge < -0.3 is 14.0 Å². The number of ether oxygens (including phenoxy) is 2. The molecule has 1 aromatic heterocycles. The van der Waals surface area contributed by atoms with Crippen LogP contribution in [0.2, 0.25) is 0 Å². The zero-order valence-electron chi connectivity index (χ0n) is 13.5. The molecule has 0 aliphatic rings. The molecule has 0 fully saturated rings. The van der Waals surface area contributed by atoms with Gasteiger partial charge in [0.15, 0.2) is 6.61 Å². The van der Waals surface area contributed by atoms with Gasteiger partial charge in [0.25, 0.3) is 5.91 Å². The molecule has 0 bridgehead atoms. The summed E-state index contributed by atoms with van der Waals surface area (Å²) in [5.74, 6) is 1.01. The summed E-state index contributed by atoms with van der Waals surface area (Å²) < 4.78 is 12.5. The Morgan fingerprint density at radius 2 is 1.96 bits per heavy atom. The Labute approximate surface area is 135 Å². The molecule has 0 radical (unpaired) electrons. The normalized spacial score (nSPS) is 11.0. The lowest BCUT2D eigenvalue weighted by Gasteiger charge is -2.06. The third-order valence-electron chi connectivity index (χ3n) is 3.17. The molecule has 23 heavy (non-hydrogen) atoms. The molecule has 6 nitrogen and oxygen atoms in total. The van der Waals surface area contributed by atoms with E-state index in [1.165, 1.54) is 0 Å². The van der Waals surface area contributed by atoms with Crippen molar-refractivity contribution in [2.24, 2.45) is 5.10 Å². The fraction of sp³-hybridized carbons (Fsp3) is 0.294. The van der Waals surface area contributed by atoms with Gasteiger partial charge in [0.1, 0.15) is 11.5 Å². The number of nitrogens with zero attached hydrogens (tertiary/aromatic N) is 2. The van der Waals surface area contributed by atoms with Crippen LogP contribution in [0.25, 0.3) is 0 Å². The quantitative estimate of drug-likeness (QED) is 0.631. The van der Waals surface area contributed by atoms with Gasteiger partial charge in [0.2, 0.25) is 0 Å². The van der Waals surface area contributed by atoms with E-state index >= 15 is 0 Å². The number of carbonyl (C=O) groups is 1. The molecule has 1 aromatic carbocycles. The molecule has 0 atom stereocenters. The molecule has 1 amide bonds. The topological polar surface area (TPSA) is 64.8 Å². The number of nitrogens with one attached hydrogen (secondary N) is 1. The third-order valence-corrected chi connectivity index (χ3v) is 3.17. The van der Waals surface area contributed by atoms with Crippen LogP contribution in [0.1, 0.15) is 25.5 Å². The number of methoxy groups -OCH3 is 1. The van der Waals surface area contributed by atoms with E-state index in [1.54, 1.807) is 37.6 Å². The van der Waals surface area contributed by atoms with E-state index in [1.807, 2.05) is 18.5 Å². The molecule has 0 aliphatic heterocycles. The second-order valence-corrected chi connectivity index (χ2v) is 5.24. The first-order chi connectivity index (χ1) is 11.1. The van der Waals surface area contributed by atoms with Crippen molar-refractivity contribution in [1.82, 2.24) is 9.99 Å². The SMILES string of the molecule is COc1ccc(OCC(=O)N/N=C/c2ccn(C(C)C)c2)cc1. The van der Waals surface area contributed by atoms with E-state index in [4.69, 9.17) is 9.47 Å². The molecule has 0 aliphatic carbocycles. The van der Waals surface area contributed by atoms with Crippen LogP contribution in [0.5, 0.6) is 11.5 Å². The maximum absolute atomic E-state index is 11.7. The minimum atomic E-state index is -0.319. The van der Waals surface area contributed by atoms with Crippen LogP contribution >= 0.6 is 0 Å². The first kappa shape index (κ1) is 16.6. The minimum absolute atomic E-state index is 0.101. The number of aromatic nitrogens is 1. The van der Waals surface area contributed by atoms with E-state index in [0.29, 0.717) is 11.8 Å². The highest BCUT2D eigenvalue weighted by molar-refractivity contribution is 5.82. The molecule has 1 N–H and O–H groups in total. The van der Waals surface area contributed by atoms with Crippen LogP contribution in [0.4, 0.5) is 0 Å². The van der Waals surface area contributed by atoms with Crippen LogP contribution < -0.4 is 14.9 Å². The van der Waals surface area contributed by atoms with Crippen LogP contribution in [-0.4, -0.2) is 30.4 Å². The summed E-state index contributed by atoms with van der Waals surface area (Å²) >= 11 is 0. The van der Waals surface area contributed by atoms with Gasteiger partial charge in [0.05, 0.1) is 13.3 Å². The molecular formula is C17H21N3O3. The van der Waals surface area contributed by atoms with E-state index in [9.17, 15) is 4.79 Å². The number of hydrazone groups is 1. The largest absolute Gasteiger partial charge is 0.497 e. The van der Waals surface area contributed by atoms with E-state index in [-0.39, 0.29) is 12.5 Å².